The van der Waals surface area contributed by atoms with E-state index in [1.165, 1.54) is 11.1 Å². The summed E-state index contributed by atoms with van der Waals surface area (Å²) >= 11 is -0.191. The predicted molar refractivity (Wildman–Crippen MR) is 104 cm³/mol. The number of benzene rings is 2. The third kappa shape index (κ3) is 3.63. The van der Waals surface area contributed by atoms with E-state index in [-0.39, 0.29) is 44.0 Å². The SMILES string of the molecule is CCC1=C(C)[CH]([Ti+2][CH]2C(C)=C(CC)c3ccccc32)c2ccccc21.[Cl-].[Cl-]. The van der Waals surface area contributed by atoms with Crippen molar-refractivity contribution < 1.29 is 44.0 Å². The standard InChI is InChI=1S/2C12H13.2ClH.Ti/c2*1-3-11-9(2)8-10-6-4-5-7-12(10)11;;;/h2*4-8H,3H2,1-2H3;2*1H;/q;;;;+2/p-2. The van der Waals surface area contributed by atoms with Crippen LogP contribution in [0.2, 0.25) is 0 Å². The van der Waals surface area contributed by atoms with Crippen molar-refractivity contribution in [2.75, 3.05) is 0 Å². The van der Waals surface area contributed by atoms with Crippen LogP contribution in [0.15, 0.2) is 59.7 Å². The van der Waals surface area contributed by atoms with E-state index in [9.17, 15) is 0 Å². The van der Waals surface area contributed by atoms with Gasteiger partial charge in [0, 0.05) is 0 Å². The van der Waals surface area contributed by atoms with Gasteiger partial charge in [-0.25, -0.2) is 0 Å². The minimum absolute atomic E-state index is 0. The van der Waals surface area contributed by atoms with Gasteiger partial charge in [-0.3, -0.25) is 0 Å². The summed E-state index contributed by atoms with van der Waals surface area (Å²) < 4.78 is 1.38. The molecule has 2 atom stereocenters. The Bertz CT molecular complexity index is 821. The van der Waals surface area contributed by atoms with Crippen molar-refractivity contribution in [3.63, 3.8) is 0 Å². The van der Waals surface area contributed by atoms with Crippen LogP contribution < -0.4 is 24.8 Å². The minimum Gasteiger partial charge on any atom is -1.00 e. The van der Waals surface area contributed by atoms with Crippen molar-refractivity contribution in [2.45, 2.75) is 49.0 Å². The van der Waals surface area contributed by atoms with Crippen molar-refractivity contribution in [3.05, 3.63) is 81.9 Å². The Hall–Kier alpha value is -0.786. The van der Waals surface area contributed by atoms with E-state index in [0.29, 0.717) is 8.45 Å². The van der Waals surface area contributed by atoms with Gasteiger partial charge in [-0.1, -0.05) is 0 Å². The number of rotatable bonds is 4. The van der Waals surface area contributed by atoms with E-state index in [0.717, 1.165) is 12.8 Å². The fourth-order valence-corrected chi connectivity index (χ4v) is 8.01. The molecule has 0 nitrogen and oxygen atoms in total. The molecule has 2 aliphatic rings. The van der Waals surface area contributed by atoms with Crippen molar-refractivity contribution in [1.29, 1.82) is 0 Å². The van der Waals surface area contributed by atoms with Gasteiger partial charge in [-0.2, -0.15) is 0 Å². The zero-order chi connectivity index (χ0) is 17.6. The fraction of sp³-hybridized carbons (Fsp3) is 0.333. The van der Waals surface area contributed by atoms with Gasteiger partial charge in [0.2, 0.25) is 0 Å². The van der Waals surface area contributed by atoms with Gasteiger partial charge in [0.1, 0.15) is 0 Å². The maximum atomic E-state index is 2.40. The molecule has 140 valence electrons. The second-order valence-electron chi connectivity index (χ2n) is 7.24. The van der Waals surface area contributed by atoms with E-state index >= 15 is 0 Å². The molecule has 2 aromatic rings. The molecule has 0 aromatic heterocycles. The van der Waals surface area contributed by atoms with E-state index in [1.807, 2.05) is 0 Å². The van der Waals surface area contributed by atoms with Gasteiger partial charge >= 0.3 is 161 Å². The quantitative estimate of drug-likeness (QED) is 0.631. The normalized spacial score (nSPS) is 19.9. The Morgan fingerprint density at radius 3 is 1.41 bits per heavy atom. The Morgan fingerprint density at radius 2 is 1.04 bits per heavy atom. The van der Waals surface area contributed by atoms with E-state index in [1.54, 1.807) is 33.4 Å². The van der Waals surface area contributed by atoms with Gasteiger partial charge < -0.3 is 24.8 Å². The van der Waals surface area contributed by atoms with E-state index < -0.39 is 0 Å². The first-order chi connectivity index (χ1) is 12.2. The Balaban J connectivity index is 0.00000131. The number of hydrogen-bond acceptors (Lipinski definition) is 0. The van der Waals surface area contributed by atoms with Crippen LogP contribution >= 0.6 is 0 Å². The molecule has 0 saturated heterocycles. The molecule has 0 amide bonds. The molecule has 3 heteroatoms. The number of fused-ring (bicyclic) bond motifs is 2. The number of hydrogen-bond donors (Lipinski definition) is 0. The topological polar surface area (TPSA) is 0 Å². The van der Waals surface area contributed by atoms with Crippen LogP contribution in [0.5, 0.6) is 0 Å². The third-order valence-corrected chi connectivity index (χ3v) is 9.42. The molecule has 2 aliphatic carbocycles. The molecule has 0 saturated carbocycles. The summed E-state index contributed by atoms with van der Waals surface area (Å²) in [6.45, 7) is 9.41. The van der Waals surface area contributed by atoms with Crippen LogP contribution in [0.1, 0.15) is 71.2 Å². The third-order valence-electron chi connectivity index (χ3n) is 6.05. The summed E-state index contributed by atoms with van der Waals surface area (Å²) in [5.41, 5.74) is 12.8. The summed E-state index contributed by atoms with van der Waals surface area (Å²) in [5, 5.41) is 0. The molecule has 2 aromatic carbocycles. The van der Waals surface area contributed by atoms with Crippen LogP contribution in [0.25, 0.3) is 11.1 Å². The summed E-state index contributed by atoms with van der Waals surface area (Å²) in [7, 11) is 0. The fourth-order valence-electron chi connectivity index (χ4n) is 4.82. The molecule has 0 N–H and O–H groups in total. The van der Waals surface area contributed by atoms with Gasteiger partial charge in [0.15, 0.2) is 0 Å². The van der Waals surface area contributed by atoms with Crippen LogP contribution in [0.3, 0.4) is 0 Å². The first-order valence-electron chi connectivity index (χ1n) is 9.51. The summed E-state index contributed by atoms with van der Waals surface area (Å²) in [6.07, 6.45) is 2.31. The van der Waals surface area contributed by atoms with Crippen molar-refractivity contribution in [2.24, 2.45) is 0 Å². The van der Waals surface area contributed by atoms with Gasteiger partial charge in [0.25, 0.3) is 0 Å². The molecule has 0 aliphatic heterocycles. The molecule has 0 bridgehead atoms. The number of allylic oxidation sites excluding steroid dienone is 4. The van der Waals surface area contributed by atoms with Crippen molar-refractivity contribution in [1.82, 2.24) is 0 Å². The molecule has 0 heterocycles. The van der Waals surface area contributed by atoms with Crippen molar-refractivity contribution >= 4 is 11.1 Å². The average molecular weight is 433 g/mol. The van der Waals surface area contributed by atoms with Crippen LogP contribution in [0, 0.1) is 0 Å². The van der Waals surface area contributed by atoms with Gasteiger partial charge in [-0.15, -0.1) is 0 Å². The molecule has 0 spiro atoms. The van der Waals surface area contributed by atoms with Crippen LogP contribution in [-0.2, 0) is 19.2 Å². The maximum absolute atomic E-state index is 2.40. The molecule has 2 unspecified atom stereocenters. The summed E-state index contributed by atoms with van der Waals surface area (Å²) in [4.78, 5) is 0. The first-order valence-corrected chi connectivity index (χ1v) is 11.3. The van der Waals surface area contributed by atoms with Gasteiger partial charge in [-0.05, 0) is 0 Å². The smallest absolute Gasteiger partial charge is 1.00 e. The zero-order valence-corrected chi connectivity index (χ0v) is 19.5. The zero-order valence-electron chi connectivity index (χ0n) is 16.4. The largest absolute Gasteiger partial charge is 1.00 e. The predicted octanol–water partition coefficient (Wildman–Crippen LogP) is 0.954. The summed E-state index contributed by atoms with van der Waals surface area (Å²) in [6, 6.07) is 18.3. The Kier molecular flexibility index (Phi) is 7.62. The average Bonchev–Trinajstić information content (AvgIpc) is 3.07. The molecule has 4 rings (SSSR count). The van der Waals surface area contributed by atoms with E-state index in [4.69, 9.17) is 0 Å². The van der Waals surface area contributed by atoms with Crippen LogP contribution in [-0.4, -0.2) is 0 Å². The molecule has 0 fully saturated rings. The molecule has 27 heavy (non-hydrogen) atoms. The second-order valence-corrected chi connectivity index (χ2v) is 9.56. The molecular formula is C24H26Cl2Ti. The minimum atomic E-state index is -0.191. The van der Waals surface area contributed by atoms with Crippen molar-refractivity contribution in [3.8, 4) is 0 Å². The first kappa shape index (κ1) is 22.5. The number of halogens is 2. The van der Waals surface area contributed by atoms with Crippen LogP contribution in [0.4, 0.5) is 0 Å². The molecular weight excluding hydrogens is 407 g/mol. The monoisotopic (exact) mass is 432 g/mol. The maximum Gasteiger partial charge on any atom is -1.00 e. The van der Waals surface area contributed by atoms with Gasteiger partial charge in [0.05, 0.1) is 0 Å². The summed E-state index contributed by atoms with van der Waals surface area (Å²) in [5.74, 6) is 0. The van der Waals surface area contributed by atoms with E-state index in [2.05, 4.69) is 76.2 Å². The Morgan fingerprint density at radius 1 is 0.667 bits per heavy atom. The second kappa shape index (κ2) is 9.14. The molecule has 0 radical (unpaired) electrons. The Labute approximate surface area is 185 Å².